The first-order valence-corrected chi connectivity index (χ1v) is 9.70. The molecule has 134 valence electrons. The van der Waals surface area contributed by atoms with Crippen LogP contribution in [-0.4, -0.2) is 17.9 Å². The predicted molar refractivity (Wildman–Crippen MR) is 96.6 cm³/mol. The first-order valence-electron chi connectivity index (χ1n) is 9.70. The summed E-state index contributed by atoms with van der Waals surface area (Å²) < 4.78 is 0. The maximum absolute atomic E-state index is 12.7. The van der Waals surface area contributed by atoms with E-state index in [2.05, 4.69) is 10.6 Å². The van der Waals surface area contributed by atoms with E-state index in [1.54, 1.807) is 0 Å². The molecule has 4 nitrogen and oxygen atoms in total. The van der Waals surface area contributed by atoms with Crippen molar-refractivity contribution in [1.29, 1.82) is 0 Å². The van der Waals surface area contributed by atoms with Gasteiger partial charge in [0.25, 0.3) is 0 Å². The Balaban J connectivity index is 1.41. The van der Waals surface area contributed by atoms with Crippen LogP contribution >= 0.6 is 0 Å². The van der Waals surface area contributed by atoms with Crippen LogP contribution in [0, 0.1) is 23.7 Å². The highest BCUT2D eigenvalue weighted by Gasteiger charge is 2.48. The molecule has 0 aliphatic heterocycles. The van der Waals surface area contributed by atoms with Crippen molar-refractivity contribution in [3.63, 3.8) is 0 Å². The molecule has 0 aromatic heterocycles. The second-order valence-electron chi connectivity index (χ2n) is 8.39. The van der Waals surface area contributed by atoms with E-state index in [0.717, 1.165) is 17.4 Å². The van der Waals surface area contributed by atoms with Crippen molar-refractivity contribution in [3.05, 3.63) is 35.9 Å². The molecule has 4 aliphatic carbocycles. The second-order valence-corrected chi connectivity index (χ2v) is 8.39. The maximum atomic E-state index is 12.7. The van der Waals surface area contributed by atoms with E-state index in [-0.39, 0.29) is 17.9 Å². The first-order chi connectivity index (χ1) is 12.1. The number of amides is 2. The van der Waals surface area contributed by atoms with Gasteiger partial charge in [0.2, 0.25) is 11.8 Å². The molecule has 1 unspecified atom stereocenters. The van der Waals surface area contributed by atoms with Gasteiger partial charge in [-0.25, -0.2) is 0 Å². The molecule has 1 aromatic rings. The lowest BCUT2D eigenvalue weighted by Crippen LogP contribution is -2.56. The van der Waals surface area contributed by atoms with E-state index < -0.39 is 0 Å². The third-order valence-electron chi connectivity index (χ3n) is 6.52. The SMILES string of the molecule is CC(=O)NC(CC(=O)NC1C2CC3CC(C2)CC1C3)c1ccccc1. The fourth-order valence-electron chi connectivity index (χ4n) is 5.77. The monoisotopic (exact) mass is 340 g/mol. The Morgan fingerprint density at radius 2 is 1.60 bits per heavy atom. The molecule has 1 atom stereocenters. The molecule has 0 radical (unpaired) electrons. The Hall–Kier alpha value is -1.84. The van der Waals surface area contributed by atoms with Gasteiger partial charge in [-0.1, -0.05) is 30.3 Å². The third kappa shape index (κ3) is 3.58. The lowest BCUT2D eigenvalue weighted by Gasteiger charge is -2.54. The quantitative estimate of drug-likeness (QED) is 0.865. The Morgan fingerprint density at radius 3 is 2.16 bits per heavy atom. The molecule has 0 spiro atoms. The second kappa shape index (κ2) is 6.81. The van der Waals surface area contributed by atoms with Crippen molar-refractivity contribution in [2.45, 2.75) is 57.5 Å². The summed E-state index contributed by atoms with van der Waals surface area (Å²) in [5, 5.41) is 6.27. The van der Waals surface area contributed by atoms with Crippen LogP contribution in [0.5, 0.6) is 0 Å². The molecule has 4 aliphatic rings. The summed E-state index contributed by atoms with van der Waals surface area (Å²) in [7, 11) is 0. The van der Waals surface area contributed by atoms with E-state index in [4.69, 9.17) is 0 Å². The summed E-state index contributed by atoms with van der Waals surface area (Å²) >= 11 is 0. The smallest absolute Gasteiger partial charge is 0.222 e. The lowest BCUT2D eigenvalue weighted by atomic mass is 9.54. The Labute approximate surface area is 149 Å². The molecule has 4 heteroatoms. The highest BCUT2D eigenvalue weighted by Crippen LogP contribution is 2.53. The van der Waals surface area contributed by atoms with Crippen LogP contribution in [0.1, 0.15) is 57.1 Å². The number of hydrogen-bond donors (Lipinski definition) is 2. The molecular formula is C21H28N2O2. The van der Waals surface area contributed by atoms with Gasteiger partial charge in [0.15, 0.2) is 0 Å². The maximum Gasteiger partial charge on any atom is 0.222 e. The molecule has 2 N–H and O–H groups in total. The van der Waals surface area contributed by atoms with Gasteiger partial charge in [-0.2, -0.15) is 0 Å². The van der Waals surface area contributed by atoms with Gasteiger partial charge < -0.3 is 10.6 Å². The van der Waals surface area contributed by atoms with Crippen molar-refractivity contribution < 1.29 is 9.59 Å². The predicted octanol–water partition coefficient (Wildman–Crippen LogP) is 3.19. The van der Waals surface area contributed by atoms with Crippen molar-refractivity contribution in [2.75, 3.05) is 0 Å². The normalized spacial score (nSPS) is 33.7. The minimum absolute atomic E-state index is 0.0695. The Kier molecular flexibility index (Phi) is 4.53. The van der Waals surface area contributed by atoms with Gasteiger partial charge >= 0.3 is 0 Å². The summed E-state index contributed by atoms with van der Waals surface area (Å²) in [6.45, 7) is 1.51. The van der Waals surface area contributed by atoms with Crippen LogP contribution in [0.2, 0.25) is 0 Å². The number of carbonyl (C=O) groups excluding carboxylic acids is 2. The molecule has 4 fully saturated rings. The van der Waals surface area contributed by atoms with Crippen molar-refractivity contribution in [2.24, 2.45) is 23.7 Å². The van der Waals surface area contributed by atoms with Gasteiger partial charge in [-0.15, -0.1) is 0 Å². The van der Waals surface area contributed by atoms with Gasteiger partial charge in [0, 0.05) is 13.0 Å². The van der Waals surface area contributed by atoms with Crippen LogP contribution in [0.4, 0.5) is 0 Å². The van der Waals surface area contributed by atoms with Gasteiger partial charge in [0.1, 0.15) is 0 Å². The molecule has 0 saturated heterocycles. The lowest BCUT2D eigenvalue weighted by molar-refractivity contribution is -0.126. The number of hydrogen-bond acceptors (Lipinski definition) is 2. The fraction of sp³-hybridized carbons (Fsp3) is 0.619. The molecule has 0 heterocycles. The summed E-state index contributed by atoms with van der Waals surface area (Å²) in [4.78, 5) is 24.3. The highest BCUT2D eigenvalue weighted by atomic mass is 16.2. The zero-order valence-corrected chi connectivity index (χ0v) is 14.9. The number of nitrogens with one attached hydrogen (secondary N) is 2. The van der Waals surface area contributed by atoms with Crippen LogP contribution < -0.4 is 10.6 Å². The summed E-state index contributed by atoms with van der Waals surface area (Å²) in [5.41, 5.74) is 0.984. The largest absolute Gasteiger partial charge is 0.353 e. The minimum atomic E-state index is -0.254. The van der Waals surface area contributed by atoms with Crippen LogP contribution in [-0.2, 0) is 9.59 Å². The minimum Gasteiger partial charge on any atom is -0.353 e. The van der Waals surface area contributed by atoms with E-state index in [0.29, 0.717) is 24.3 Å². The molecule has 1 aromatic carbocycles. The molecule has 4 bridgehead atoms. The van der Waals surface area contributed by atoms with E-state index in [9.17, 15) is 9.59 Å². The van der Waals surface area contributed by atoms with E-state index in [1.165, 1.54) is 39.0 Å². The van der Waals surface area contributed by atoms with Gasteiger partial charge in [-0.3, -0.25) is 9.59 Å². The number of carbonyl (C=O) groups is 2. The summed E-state index contributed by atoms with van der Waals surface area (Å²) in [5.74, 6) is 3.14. The standard InChI is InChI=1S/C21H28N2O2/c1-13(24)22-19(16-5-3-2-4-6-16)12-20(25)23-21-17-8-14-7-15(10-17)11-18(21)9-14/h2-6,14-15,17-19,21H,7-12H2,1H3,(H,22,24)(H,23,25). The molecular weight excluding hydrogens is 312 g/mol. The third-order valence-corrected chi connectivity index (χ3v) is 6.52. The van der Waals surface area contributed by atoms with Crippen molar-refractivity contribution >= 4 is 11.8 Å². The van der Waals surface area contributed by atoms with Gasteiger partial charge in [-0.05, 0) is 61.3 Å². The van der Waals surface area contributed by atoms with Crippen LogP contribution in [0.15, 0.2) is 30.3 Å². The van der Waals surface area contributed by atoms with Crippen molar-refractivity contribution in [1.82, 2.24) is 10.6 Å². The van der Waals surface area contributed by atoms with E-state index in [1.807, 2.05) is 30.3 Å². The molecule has 25 heavy (non-hydrogen) atoms. The topological polar surface area (TPSA) is 58.2 Å². The summed E-state index contributed by atoms with van der Waals surface area (Å²) in [6, 6.07) is 9.88. The van der Waals surface area contributed by atoms with Crippen LogP contribution in [0.25, 0.3) is 0 Å². The molecule has 2 amide bonds. The van der Waals surface area contributed by atoms with Crippen molar-refractivity contribution in [3.8, 4) is 0 Å². The first kappa shape index (κ1) is 16.6. The highest BCUT2D eigenvalue weighted by molar-refractivity contribution is 5.79. The Morgan fingerprint density at radius 1 is 1.00 bits per heavy atom. The fourth-order valence-corrected chi connectivity index (χ4v) is 5.77. The zero-order chi connectivity index (χ0) is 17.4. The van der Waals surface area contributed by atoms with E-state index >= 15 is 0 Å². The van der Waals surface area contributed by atoms with Gasteiger partial charge in [0.05, 0.1) is 12.5 Å². The van der Waals surface area contributed by atoms with Crippen LogP contribution in [0.3, 0.4) is 0 Å². The number of rotatable bonds is 5. The average Bonchev–Trinajstić information content (AvgIpc) is 2.57. The average molecular weight is 340 g/mol. The molecule has 5 rings (SSSR count). The Bertz CT molecular complexity index is 615. The molecule has 4 saturated carbocycles. The zero-order valence-electron chi connectivity index (χ0n) is 14.9. The summed E-state index contributed by atoms with van der Waals surface area (Å²) in [6.07, 6.45) is 6.92. The number of benzene rings is 1.